The largest absolute Gasteiger partial charge is 0.368 e. The second-order valence-electron chi connectivity index (χ2n) is 8.62. The molecule has 2 aliphatic rings. The van der Waals surface area contributed by atoms with Crippen LogP contribution in [0.1, 0.15) is 29.8 Å². The van der Waals surface area contributed by atoms with E-state index in [9.17, 15) is 0 Å². The van der Waals surface area contributed by atoms with Crippen molar-refractivity contribution in [1.29, 1.82) is 0 Å². The number of hydrogen-bond acceptors (Lipinski definition) is 7. The van der Waals surface area contributed by atoms with Gasteiger partial charge in [-0.3, -0.25) is 0 Å². The van der Waals surface area contributed by atoms with Crippen LogP contribution in [0.25, 0.3) is 21.5 Å². The zero-order valence-electron chi connectivity index (χ0n) is 18.7. The average Bonchev–Trinajstić information content (AvgIpc) is 3.59. The molecule has 1 saturated heterocycles. The smallest absolute Gasteiger partial charge is 0.246 e. The van der Waals surface area contributed by atoms with Gasteiger partial charge in [0, 0.05) is 41.5 Å². The Morgan fingerprint density at radius 1 is 1.06 bits per heavy atom. The first-order chi connectivity index (χ1) is 16.2. The van der Waals surface area contributed by atoms with Crippen molar-refractivity contribution in [2.75, 3.05) is 36.4 Å². The van der Waals surface area contributed by atoms with Crippen LogP contribution < -0.4 is 15.5 Å². The molecule has 0 aromatic carbocycles. The van der Waals surface area contributed by atoms with Crippen LogP contribution >= 0.6 is 11.3 Å². The third-order valence-electron chi connectivity index (χ3n) is 6.34. The monoisotopic (exact) mass is 457 g/mol. The summed E-state index contributed by atoms with van der Waals surface area (Å²) in [6, 6.07) is 10.7. The highest BCUT2D eigenvalue weighted by atomic mass is 32.1. The van der Waals surface area contributed by atoms with E-state index in [2.05, 4.69) is 62.8 Å². The highest BCUT2D eigenvalue weighted by molar-refractivity contribution is 7.15. The van der Waals surface area contributed by atoms with E-state index in [-0.39, 0.29) is 0 Å². The summed E-state index contributed by atoms with van der Waals surface area (Å²) in [6.07, 6.45) is 9.60. The van der Waals surface area contributed by atoms with E-state index < -0.39 is 0 Å². The number of hydrogen-bond donors (Lipinski definition) is 2. The molecule has 6 rings (SSSR count). The lowest BCUT2D eigenvalue weighted by Gasteiger charge is -2.29. The Kier molecular flexibility index (Phi) is 5.32. The molecule has 0 unspecified atom stereocenters. The van der Waals surface area contributed by atoms with Crippen molar-refractivity contribution in [1.82, 2.24) is 24.9 Å². The van der Waals surface area contributed by atoms with Crippen molar-refractivity contribution >= 4 is 39.9 Å². The lowest BCUT2D eigenvalue weighted by molar-refractivity contribution is 0.589. The molecule has 4 aromatic rings. The molecule has 1 fully saturated rings. The minimum Gasteiger partial charge on any atom is -0.368 e. The summed E-state index contributed by atoms with van der Waals surface area (Å²) in [4.78, 5) is 14.1. The van der Waals surface area contributed by atoms with Crippen LogP contribution in [0.15, 0.2) is 48.8 Å². The number of anilines is 3. The van der Waals surface area contributed by atoms with E-state index in [1.807, 2.05) is 34.3 Å². The Balaban J connectivity index is 1.33. The maximum atomic E-state index is 4.88. The minimum absolute atomic E-state index is 0.550. The Labute approximate surface area is 197 Å². The second kappa shape index (κ2) is 8.61. The Morgan fingerprint density at radius 3 is 2.70 bits per heavy atom. The number of thiophene rings is 1. The lowest BCUT2D eigenvalue weighted by atomic mass is 10.1. The molecule has 0 saturated carbocycles. The first-order valence-electron chi connectivity index (χ1n) is 11.6. The summed E-state index contributed by atoms with van der Waals surface area (Å²) in [7, 11) is 0. The van der Waals surface area contributed by atoms with Crippen LogP contribution in [0.3, 0.4) is 0 Å². The number of allylic oxidation sites excluding steroid dienone is 2. The van der Waals surface area contributed by atoms with Gasteiger partial charge in [0.2, 0.25) is 5.95 Å². The minimum atomic E-state index is 0.550. The number of nitrogens with zero attached hydrogens (tertiary/aromatic N) is 5. The van der Waals surface area contributed by atoms with Crippen LogP contribution in [-0.2, 0) is 0 Å². The number of pyridine rings is 1. The average molecular weight is 458 g/mol. The topological polar surface area (TPSA) is 70.4 Å². The van der Waals surface area contributed by atoms with Crippen LogP contribution in [0.4, 0.5) is 17.5 Å². The summed E-state index contributed by atoms with van der Waals surface area (Å²) in [5, 5.41) is 11.6. The molecule has 0 bridgehead atoms. The molecular weight excluding hydrogens is 430 g/mol. The molecule has 5 heterocycles. The number of rotatable bonds is 5. The van der Waals surface area contributed by atoms with Crippen molar-refractivity contribution in [2.24, 2.45) is 0 Å². The van der Waals surface area contributed by atoms with E-state index in [0.717, 1.165) is 56.0 Å². The molecule has 1 aliphatic carbocycles. The molecule has 0 amide bonds. The SMILES string of the molecule is Cc1ccc(-c2cc3cnc(Nc4ccc(N5CCNCC5)cn4)nn3c2C2=CCCC2)s1. The maximum absolute atomic E-state index is 4.88. The van der Waals surface area contributed by atoms with Crippen LogP contribution in [-0.4, -0.2) is 45.8 Å². The van der Waals surface area contributed by atoms with E-state index in [1.54, 1.807) is 0 Å². The maximum Gasteiger partial charge on any atom is 0.246 e. The third-order valence-corrected chi connectivity index (χ3v) is 7.37. The molecular formula is C25H27N7S. The van der Waals surface area contributed by atoms with E-state index in [4.69, 9.17) is 5.10 Å². The van der Waals surface area contributed by atoms with Gasteiger partial charge < -0.3 is 15.5 Å². The van der Waals surface area contributed by atoms with Gasteiger partial charge in [0.25, 0.3) is 0 Å². The van der Waals surface area contributed by atoms with Gasteiger partial charge in [0.05, 0.1) is 29.3 Å². The highest BCUT2D eigenvalue weighted by Crippen LogP contribution is 2.39. The van der Waals surface area contributed by atoms with E-state index in [0.29, 0.717) is 5.95 Å². The molecule has 0 radical (unpaired) electrons. The van der Waals surface area contributed by atoms with Gasteiger partial charge in [-0.25, -0.2) is 14.5 Å². The Morgan fingerprint density at radius 2 is 1.97 bits per heavy atom. The lowest BCUT2D eigenvalue weighted by Crippen LogP contribution is -2.43. The standard InChI is InChI=1S/C25H27N7S/c1-17-6-8-22(33-17)21-14-20-16-28-25(30-32(20)24(21)18-4-2-3-5-18)29-23-9-7-19(15-27-23)31-12-10-26-11-13-31/h4,6-9,14-16,26H,2-3,5,10-13H2,1H3,(H,27,29,30). The zero-order valence-corrected chi connectivity index (χ0v) is 19.5. The number of fused-ring (bicyclic) bond motifs is 1. The molecule has 1 aliphatic heterocycles. The van der Waals surface area contributed by atoms with Gasteiger partial charge in [0.1, 0.15) is 5.82 Å². The van der Waals surface area contributed by atoms with Crippen molar-refractivity contribution in [3.8, 4) is 10.4 Å². The number of piperazine rings is 1. The Hall–Kier alpha value is -3.23. The number of aryl methyl sites for hydroxylation is 1. The van der Waals surface area contributed by atoms with Gasteiger partial charge in [-0.15, -0.1) is 16.4 Å². The first kappa shape index (κ1) is 20.4. The van der Waals surface area contributed by atoms with Crippen molar-refractivity contribution < 1.29 is 0 Å². The summed E-state index contributed by atoms with van der Waals surface area (Å²) < 4.78 is 2.05. The van der Waals surface area contributed by atoms with Crippen molar-refractivity contribution in [3.63, 3.8) is 0 Å². The number of aromatic nitrogens is 4. The molecule has 33 heavy (non-hydrogen) atoms. The number of nitrogens with one attached hydrogen (secondary N) is 2. The molecule has 168 valence electrons. The fourth-order valence-electron chi connectivity index (χ4n) is 4.67. The van der Waals surface area contributed by atoms with Gasteiger partial charge in [-0.1, -0.05) is 6.08 Å². The van der Waals surface area contributed by atoms with E-state index in [1.165, 1.54) is 33.0 Å². The second-order valence-corrected chi connectivity index (χ2v) is 9.91. The summed E-state index contributed by atoms with van der Waals surface area (Å²) in [5.41, 5.74) is 5.96. The fraction of sp³-hybridized carbons (Fsp3) is 0.320. The quantitative estimate of drug-likeness (QED) is 0.445. The molecule has 0 spiro atoms. The fourth-order valence-corrected chi connectivity index (χ4v) is 5.56. The molecule has 4 aromatic heterocycles. The van der Waals surface area contributed by atoms with Crippen LogP contribution in [0.5, 0.6) is 0 Å². The molecule has 0 atom stereocenters. The van der Waals surface area contributed by atoms with Gasteiger partial charge >= 0.3 is 0 Å². The molecule has 8 heteroatoms. The van der Waals surface area contributed by atoms with E-state index >= 15 is 0 Å². The van der Waals surface area contributed by atoms with Gasteiger partial charge in [-0.2, -0.15) is 0 Å². The van der Waals surface area contributed by atoms with Crippen LogP contribution in [0, 0.1) is 6.92 Å². The first-order valence-corrected chi connectivity index (χ1v) is 12.4. The van der Waals surface area contributed by atoms with Crippen LogP contribution in [0.2, 0.25) is 0 Å². The third kappa shape index (κ3) is 4.00. The molecule has 7 nitrogen and oxygen atoms in total. The van der Waals surface area contributed by atoms with Gasteiger partial charge in [0.15, 0.2) is 0 Å². The van der Waals surface area contributed by atoms with Gasteiger partial charge in [-0.05, 0) is 62.1 Å². The summed E-state index contributed by atoms with van der Waals surface area (Å²) >= 11 is 1.83. The normalized spacial score (nSPS) is 16.4. The van der Waals surface area contributed by atoms with Crippen molar-refractivity contribution in [3.05, 3.63) is 59.4 Å². The predicted molar refractivity (Wildman–Crippen MR) is 135 cm³/mol. The zero-order chi connectivity index (χ0) is 22.2. The summed E-state index contributed by atoms with van der Waals surface area (Å²) in [6.45, 7) is 6.19. The Bertz CT molecular complexity index is 1310. The van der Waals surface area contributed by atoms with Crippen molar-refractivity contribution in [2.45, 2.75) is 26.2 Å². The molecule has 2 N–H and O–H groups in total. The predicted octanol–water partition coefficient (Wildman–Crippen LogP) is 4.88. The highest BCUT2D eigenvalue weighted by Gasteiger charge is 2.20. The summed E-state index contributed by atoms with van der Waals surface area (Å²) in [5.74, 6) is 1.30.